The fourth-order valence-electron chi connectivity index (χ4n) is 2.05. The van der Waals surface area contributed by atoms with Crippen molar-refractivity contribution in [1.29, 1.82) is 0 Å². The van der Waals surface area contributed by atoms with Gasteiger partial charge in [0.05, 0.1) is 12.1 Å². The zero-order valence-corrected chi connectivity index (χ0v) is 10.8. The predicted molar refractivity (Wildman–Crippen MR) is 71.4 cm³/mol. The zero-order chi connectivity index (χ0) is 11.6. The van der Waals surface area contributed by atoms with Gasteiger partial charge in [0, 0.05) is 16.0 Å². The summed E-state index contributed by atoms with van der Waals surface area (Å²) in [6.07, 6.45) is 0.988. The van der Waals surface area contributed by atoms with Gasteiger partial charge in [-0.05, 0) is 30.4 Å². The van der Waals surface area contributed by atoms with Crippen LogP contribution in [-0.4, -0.2) is 28.3 Å². The Morgan fingerprint density at radius 2 is 2.44 bits per heavy atom. The van der Waals surface area contributed by atoms with Gasteiger partial charge < -0.3 is 10.4 Å². The minimum atomic E-state index is -0.199. The van der Waals surface area contributed by atoms with Crippen LogP contribution in [0.5, 0.6) is 0 Å². The lowest BCUT2D eigenvalue weighted by Crippen LogP contribution is -2.46. The first-order chi connectivity index (χ1) is 7.66. The molecule has 2 atom stereocenters. The third-order valence-corrected chi connectivity index (χ3v) is 4.82. The van der Waals surface area contributed by atoms with Crippen molar-refractivity contribution in [2.75, 3.05) is 17.7 Å². The Balaban J connectivity index is 2.18. The number of hydrogen-bond donors (Lipinski definition) is 2. The summed E-state index contributed by atoms with van der Waals surface area (Å²) in [5.74, 6) is 1.09. The van der Waals surface area contributed by atoms with Crippen molar-refractivity contribution in [1.82, 2.24) is 0 Å². The molecule has 2 unspecified atom stereocenters. The topological polar surface area (TPSA) is 32.3 Å². The molecule has 0 amide bonds. The van der Waals surface area contributed by atoms with Crippen molar-refractivity contribution in [2.24, 2.45) is 0 Å². The summed E-state index contributed by atoms with van der Waals surface area (Å²) < 4.78 is 0. The van der Waals surface area contributed by atoms with Crippen molar-refractivity contribution < 1.29 is 5.11 Å². The van der Waals surface area contributed by atoms with Gasteiger partial charge in [-0.15, -0.1) is 0 Å². The monoisotopic (exact) mass is 257 g/mol. The van der Waals surface area contributed by atoms with Crippen LogP contribution in [0.3, 0.4) is 0 Å². The first-order valence-electron chi connectivity index (χ1n) is 5.42. The average molecular weight is 258 g/mol. The second kappa shape index (κ2) is 4.86. The van der Waals surface area contributed by atoms with Gasteiger partial charge in [0.1, 0.15) is 0 Å². The van der Waals surface area contributed by atoms with Crippen LogP contribution in [0.15, 0.2) is 24.3 Å². The standard InChI is InChI=1S/C12H16ClNOS/c1-9-12(8-15,5-6-16-9)14-11-4-2-3-10(13)7-11/h2-4,7,9,14-15H,5-6,8H2,1H3. The zero-order valence-electron chi connectivity index (χ0n) is 9.24. The van der Waals surface area contributed by atoms with Gasteiger partial charge in [0.25, 0.3) is 0 Å². The van der Waals surface area contributed by atoms with E-state index in [0.717, 1.165) is 22.9 Å². The maximum Gasteiger partial charge on any atom is 0.0727 e. The molecular formula is C12H16ClNOS. The van der Waals surface area contributed by atoms with Crippen LogP contribution in [0.4, 0.5) is 5.69 Å². The lowest BCUT2D eigenvalue weighted by Gasteiger charge is -2.33. The molecule has 16 heavy (non-hydrogen) atoms. The number of nitrogens with one attached hydrogen (secondary N) is 1. The smallest absolute Gasteiger partial charge is 0.0727 e. The Morgan fingerprint density at radius 3 is 3.00 bits per heavy atom. The molecule has 4 heteroatoms. The first kappa shape index (κ1) is 12.1. The Kier molecular flexibility index (Phi) is 3.67. The van der Waals surface area contributed by atoms with Gasteiger partial charge >= 0.3 is 0 Å². The van der Waals surface area contributed by atoms with E-state index in [0.29, 0.717) is 5.25 Å². The lowest BCUT2D eigenvalue weighted by atomic mass is 9.93. The van der Waals surface area contributed by atoms with E-state index in [9.17, 15) is 5.11 Å². The van der Waals surface area contributed by atoms with E-state index < -0.39 is 0 Å². The van der Waals surface area contributed by atoms with E-state index in [1.165, 1.54) is 0 Å². The molecule has 1 heterocycles. The van der Waals surface area contributed by atoms with Crippen LogP contribution in [-0.2, 0) is 0 Å². The molecule has 88 valence electrons. The third kappa shape index (κ3) is 2.31. The Hall–Kier alpha value is -0.380. The third-order valence-electron chi connectivity index (χ3n) is 3.19. The Morgan fingerprint density at radius 1 is 1.62 bits per heavy atom. The molecule has 0 bridgehead atoms. The summed E-state index contributed by atoms with van der Waals surface area (Å²) in [5.41, 5.74) is 0.783. The summed E-state index contributed by atoms with van der Waals surface area (Å²) >= 11 is 7.84. The van der Waals surface area contributed by atoms with Crippen molar-refractivity contribution in [3.63, 3.8) is 0 Å². The maximum absolute atomic E-state index is 9.61. The first-order valence-corrected chi connectivity index (χ1v) is 6.85. The number of halogens is 1. The summed E-state index contributed by atoms with van der Waals surface area (Å²) in [5, 5.41) is 14.2. The van der Waals surface area contributed by atoms with Crippen molar-refractivity contribution in [3.8, 4) is 0 Å². The number of thioether (sulfide) groups is 1. The molecule has 2 nitrogen and oxygen atoms in total. The maximum atomic E-state index is 9.61. The SMILES string of the molecule is CC1SCCC1(CO)Nc1cccc(Cl)c1. The molecule has 0 aromatic heterocycles. The number of rotatable bonds is 3. The van der Waals surface area contributed by atoms with Gasteiger partial charge in [-0.1, -0.05) is 24.6 Å². The van der Waals surface area contributed by atoms with Gasteiger partial charge in [0.2, 0.25) is 0 Å². The molecule has 0 radical (unpaired) electrons. The van der Waals surface area contributed by atoms with Crippen molar-refractivity contribution >= 4 is 29.1 Å². The number of aliphatic hydroxyl groups excluding tert-OH is 1. The molecule has 2 rings (SSSR count). The molecule has 0 saturated carbocycles. The summed E-state index contributed by atoms with van der Waals surface area (Å²) in [6.45, 7) is 2.32. The predicted octanol–water partition coefficient (Wildman–Crippen LogP) is 3.01. The quantitative estimate of drug-likeness (QED) is 0.873. The average Bonchev–Trinajstić information content (AvgIpc) is 2.61. The number of hydrogen-bond acceptors (Lipinski definition) is 3. The second-order valence-electron chi connectivity index (χ2n) is 4.21. The second-order valence-corrected chi connectivity index (χ2v) is 6.10. The van der Waals surface area contributed by atoms with Gasteiger partial charge in [-0.3, -0.25) is 0 Å². The minimum absolute atomic E-state index is 0.160. The molecular weight excluding hydrogens is 242 g/mol. The Bertz CT molecular complexity index is 374. The minimum Gasteiger partial charge on any atom is -0.394 e. The molecule has 0 aliphatic carbocycles. The van der Waals surface area contributed by atoms with Gasteiger partial charge in [-0.25, -0.2) is 0 Å². The summed E-state index contributed by atoms with van der Waals surface area (Å²) in [6, 6.07) is 7.65. The highest BCUT2D eigenvalue weighted by Gasteiger charge is 2.40. The largest absolute Gasteiger partial charge is 0.394 e. The molecule has 1 aliphatic heterocycles. The van der Waals surface area contributed by atoms with Crippen LogP contribution in [0.25, 0.3) is 0 Å². The highest BCUT2D eigenvalue weighted by atomic mass is 35.5. The fourth-order valence-corrected chi connectivity index (χ4v) is 3.64. The molecule has 1 aromatic carbocycles. The fraction of sp³-hybridized carbons (Fsp3) is 0.500. The van der Waals surface area contributed by atoms with E-state index in [2.05, 4.69) is 12.2 Å². The van der Waals surface area contributed by atoms with E-state index in [4.69, 9.17) is 11.6 Å². The number of anilines is 1. The van der Waals surface area contributed by atoms with E-state index in [1.54, 1.807) is 0 Å². The van der Waals surface area contributed by atoms with Crippen LogP contribution in [0, 0.1) is 0 Å². The molecule has 1 saturated heterocycles. The van der Waals surface area contributed by atoms with Crippen molar-refractivity contribution in [3.05, 3.63) is 29.3 Å². The summed E-state index contributed by atoms with van der Waals surface area (Å²) in [4.78, 5) is 0. The van der Waals surface area contributed by atoms with Crippen LogP contribution < -0.4 is 5.32 Å². The Labute approximate surface area is 105 Å². The van der Waals surface area contributed by atoms with Crippen molar-refractivity contribution in [2.45, 2.75) is 24.1 Å². The van der Waals surface area contributed by atoms with Gasteiger partial charge in [-0.2, -0.15) is 11.8 Å². The molecule has 0 spiro atoms. The lowest BCUT2D eigenvalue weighted by molar-refractivity contribution is 0.212. The number of benzene rings is 1. The summed E-state index contributed by atoms with van der Waals surface area (Å²) in [7, 11) is 0. The van der Waals surface area contributed by atoms with E-state index >= 15 is 0 Å². The van der Waals surface area contributed by atoms with Crippen LogP contribution in [0.1, 0.15) is 13.3 Å². The molecule has 1 aliphatic rings. The van der Waals surface area contributed by atoms with Gasteiger partial charge in [0.15, 0.2) is 0 Å². The van der Waals surface area contributed by atoms with E-state index in [-0.39, 0.29) is 12.1 Å². The number of aliphatic hydroxyl groups is 1. The molecule has 2 N–H and O–H groups in total. The normalized spacial score (nSPS) is 29.3. The van der Waals surface area contributed by atoms with Crippen LogP contribution >= 0.6 is 23.4 Å². The van der Waals surface area contributed by atoms with Crippen LogP contribution in [0.2, 0.25) is 5.02 Å². The highest BCUT2D eigenvalue weighted by molar-refractivity contribution is 8.00. The van der Waals surface area contributed by atoms with E-state index in [1.807, 2.05) is 36.0 Å². The molecule has 1 fully saturated rings. The molecule has 1 aromatic rings. The highest BCUT2D eigenvalue weighted by Crippen LogP contribution is 2.38.